The van der Waals surface area contributed by atoms with Crippen LogP contribution in [0.1, 0.15) is 11.1 Å². The number of carbonyl (C=O) groups excluding carboxylic acids is 1. The number of hydrogen-bond donors (Lipinski definition) is 3. The molecular formula is C20H25BrN3O2+. The van der Waals surface area contributed by atoms with E-state index >= 15 is 0 Å². The van der Waals surface area contributed by atoms with Gasteiger partial charge < -0.3 is 20.3 Å². The van der Waals surface area contributed by atoms with Crippen LogP contribution in [0.5, 0.6) is 0 Å². The molecule has 26 heavy (non-hydrogen) atoms. The Morgan fingerprint density at radius 2 is 1.65 bits per heavy atom. The van der Waals surface area contributed by atoms with Crippen LogP contribution in [0.4, 0.5) is 5.69 Å². The zero-order valence-corrected chi connectivity index (χ0v) is 16.3. The molecule has 1 amide bonds. The fraction of sp³-hybridized carbons (Fsp3) is 0.350. The maximum Gasteiger partial charge on any atom is 0.239 e. The lowest BCUT2D eigenvalue weighted by atomic mass is 10.1. The third-order valence-electron chi connectivity index (χ3n) is 4.46. The number of amides is 1. The fourth-order valence-corrected chi connectivity index (χ4v) is 3.18. The van der Waals surface area contributed by atoms with Crippen LogP contribution in [0.15, 0.2) is 53.0 Å². The summed E-state index contributed by atoms with van der Waals surface area (Å²) >= 11 is 3.39. The number of halogens is 1. The molecule has 138 valence electrons. The predicted molar refractivity (Wildman–Crippen MR) is 106 cm³/mol. The molecule has 0 bridgehead atoms. The smallest absolute Gasteiger partial charge is 0.239 e. The van der Waals surface area contributed by atoms with Crippen molar-refractivity contribution < 1.29 is 14.4 Å². The van der Waals surface area contributed by atoms with Crippen LogP contribution >= 0.6 is 15.9 Å². The lowest BCUT2D eigenvalue weighted by molar-refractivity contribution is -0.921. The number of morpholine rings is 1. The van der Waals surface area contributed by atoms with Gasteiger partial charge in [-0.1, -0.05) is 40.2 Å². The molecule has 3 rings (SSSR count). The normalized spacial score (nSPS) is 14.8. The van der Waals surface area contributed by atoms with E-state index in [1.54, 1.807) is 4.90 Å². The summed E-state index contributed by atoms with van der Waals surface area (Å²) in [7, 11) is 0. The fourth-order valence-electron chi connectivity index (χ4n) is 2.91. The molecule has 0 radical (unpaired) electrons. The number of rotatable bonds is 7. The second-order valence-electron chi connectivity index (χ2n) is 6.49. The highest BCUT2D eigenvalue weighted by atomic mass is 79.9. The number of hydrogen-bond acceptors (Lipinski definition) is 3. The minimum absolute atomic E-state index is 0.0187. The molecule has 2 aromatic rings. The topological polar surface area (TPSA) is 54.8 Å². The molecule has 1 aliphatic heterocycles. The first kappa shape index (κ1) is 18.9. The highest BCUT2D eigenvalue weighted by molar-refractivity contribution is 9.10. The SMILES string of the molecule is O=C(CNc1ccc(Br)cc1)NCc1ccc(C[NH+]2CCOCC2)cc1. The van der Waals surface area contributed by atoms with Gasteiger partial charge >= 0.3 is 0 Å². The van der Waals surface area contributed by atoms with Gasteiger partial charge in [0.25, 0.3) is 0 Å². The van der Waals surface area contributed by atoms with Gasteiger partial charge in [-0.2, -0.15) is 0 Å². The Morgan fingerprint density at radius 1 is 1.00 bits per heavy atom. The summed E-state index contributed by atoms with van der Waals surface area (Å²) in [6.07, 6.45) is 0. The lowest BCUT2D eigenvalue weighted by Gasteiger charge is -2.23. The second kappa shape index (κ2) is 9.71. The van der Waals surface area contributed by atoms with Gasteiger partial charge in [0.05, 0.1) is 19.8 Å². The summed E-state index contributed by atoms with van der Waals surface area (Å²) in [6.45, 7) is 5.70. The molecule has 1 saturated heterocycles. The van der Waals surface area contributed by atoms with E-state index in [0.29, 0.717) is 6.54 Å². The molecule has 3 N–H and O–H groups in total. The maximum atomic E-state index is 12.0. The van der Waals surface area contributed by atoms with Gasteiger partial charge in [0.1, 0.15) is 19.6 Å². The van der Waals surface area contributed by atoms with Gasteiger partial charge in [0.2, 0.25) is 5.91 Å². The van der Waals surface area contributed by atoms with Crippen LogP contribution in [-0.4, -0.2) is 38.8 Å². The van der Waals surface area contributed by atoms with Crippen LogP contribution in [0.3, 0.4) is 0 Å². The van der Waals surface area contributed by atoms with Crippen LogP contribution in [-0.2, 0) is 22.6 Å². The van der Waals surface area contributed by atoms with Crippen molar-refractivity contribution in [3.63, 3.8) is 0 Å². The number of anilines is 1. The molecule has 1 aliphatic rings. The molecule has 0 unspecified atom stereocenters. The largest absolute Gasteiger partial charge is 0.376 e. The van der Waals surface area contributed by atoms with Crippen molar-refractivity contribution in [2.75, 3.05) is 38.2 Å². The van der Waals surface area contributed by atoms with Crippen molar-refractivity contribution in [2.24, 2.45) is 0 Å². The summed E-state index contributed by atoms with van der Waals surface area (Å²) in [6, 6.07) is 16.3. The highest BCUT2D eigenvalue weighted by Gasteiger charge is 2.13. The molecule has 0 saturated carbocycles. The van der Waals surface area contributed by atoms with E-state index in [0.717, 1.165) is 48.6 Å². The van der Waals surface area contributed by atoms with Crippen molar-refractivity contribution in [1.29, 1.82) is 0 Å². The monoisotopic (exact) mass is 418 g/mol. The van der Waals surface area contributed by atoms with E-state index in [-0.39, 0.29) is 12.5 Å². The van der Waals surface area contributed by atoms with Gasteiger partial charge in [-0.05, 0) is 29.8 Å². The third kappa shape index (κ3) is 6.12. The first-order valence-electron chi connectivity index (χ1n) is 8.94. The molecule has 1 fully saturated rings. The number of carbonyl (C=O) groups is 1. The zero-order chi connectivity index (χ0) is 18.2. The maximum absolute atomic E-state index is 12.0. The zero-order valence-electron chi connectivity index (χ0n) is 14.8. The minimum atomic E-state index is -0.0187. The Kier molecular flexibility index (Phi) is 7.05. The van der Waals surface area contributed by atoms with E-state index in [1.807, 2.05) is 24.3 Å². The van der Waals surface area contributed by atoms with Crippen LogP contribution < -0.4 is 15.5 Å². The number of benzene rings is 2. The number of ether oxygens (including phenoxy) is 1. The first-order valence-corrected chi connectivity index (χ1v) is 9.73. The van der Waals surface area contributed by atoms with Crippen molar-refractivity contribution >= 4 is 27.5 Å². The van der Waals surface area contributed by atoms with E-state index in [1.165, 1.54) is 5.56 Å². The van der Waals surface area contributed by atoms with E-state index in [4.69, 9.17) is 4.74 Å². The van der Waals surface area contributed by atoms with Crippen LogP contribution in [0.25, 0.3) is 0 Å². The van der Waals surface area contributed by atoms with Gasteiger partial charge in [-0.3, -0.25) is 4.79 Å². The molecule has 5 nitrogen and oxygen atoms in total. The second-order valence-corrected chi connectivity index (χ2v) is 7.41. The standard InChI is InChI=1S/C20H24BrN3O2/c21-18-5-7-19(8-6-18)22-14-20(25)23-13-16-1-3-17(4-2-16)15-24-9-11-26-12-10-24/h1-8,22H,9-15H2,(H,23,25)/p+1. The molecule has 1 heterocycles. The van der Waals surface area contributed by atoms with Crippen molar-refractivity contribution in [1.82, 2.24) is 5.32 Å². The van der Waals surface area contributed by atoms with Crippen LogP contribution in [0, 0.1) is 0 Å². The molecule has 0 spiro atoms. The molecular weight excluding hydrogens is 394 g/mol. The minimum Gasteiger partial charge on any atom is -0.376 e. The lowest BCUT2D eigenvalue weighted by Crippen LogP contribution is -3.12. The highest BCUT2D eigenvalue weighted by Crippen LogP contribution is 2.13. The van der Waals surface area contributed by atoms with Gasteiger partial charge in [0.15, 0.2) is 0 Å². The van der Waals surface area contributed by atoms with Crippen molar-refractivity contribution in [3.8, 4) is 0 Å². The molecule has 0 aromatic heterocycles. The number of quaternary nitrogens is 1. The van der Waals surface area contributed by atoms with Gasteiger partial charge in [-0.25, -0.2) is 0 Å². The average molecular weight is 419 g/mol. The predicted octanol–water partition coefficient (Wildman–Crippen LogP) is 1.59. The summed E-state index contributed by atoms with van der Waals surface area (Å²) in [5, 5.41) is 6.07. The Balaban J connectivity index is 1.39. The molecule has 0 aliphatic carbocycles. The van der Waals surface area contributed by atoms with E-state index in [2.05, 4.69) is 50.8 Å². The van der Waals surface area contributed by atoms with Crippen molar-refractivity contribution in [3.05, 3.63) is 64.1 Å². The summed E-state index contributed by atoms with van der Waals surface area (Å²) < 4.78 is 6.42. The Hall–Kier alpha value is -1.89. The quantitative estimate of drug-likeness (QED) is 0.639. The molecule has 6 heteroatoms. The van der Waals surface area contributed by atoms with Gasteiger partial charge in [0, 0.05) is 22.3 Å². The van der Waals surface area contributed by atoms with Crippen molar-refractivity contribution in [2.45, 2.75) is 13.1 Å². The molecule has 0 atom stereocenters. The number of nitrogens with one attached hydrogen (secondary N) is 3. The Bertz CT molecular complexity index is 698. The summed E-state index contributed by atoms with van der Waals surface area (Å²) in [5.74, 6) is -0.0187. The Labute approximate surface area is 162 Å². The van der Waals surface area contributed by atoms with E-state index < -0.39 is 0 Å². The first-order chi connectivity index (χ1) is 12.7. The summed E-state index contributed by atoms with van der Waals surface area (Å²) in [4.78, 5) is 13.6. The third-order valence-corrected chi connectivity index (χ3v) is 4.99. The molecule has 2 aromatic carbocycles. The van der Waals surface area contributed by atoms with Gasteiger partial charge in [-0.15, -0.1) is 0 Å². The van der Waals surface area contributed by atoms with E-state index in [9.17, 15) is 4.79 Å². The summed E-state index contributed by atoms with van der Waals surface area (Å²) in [5.41, 5.74) is 3.37. The van der Waals surface area contributed by atoms with Crippen LogP contribution in [0.2, 0.25) is 0 Å². The Morgan fingerprint density at radius 3 is 2.35 bits per heavy atom. The average Bonchev–Trinajstić information content (AvgIpc) is 2.68.